The Hall–Kier alpha value is -2.36. The lowest BCUT2D eigenvalue weighted by Gasteiger charge is -2.10. The molecule has 1 aromatic heterocycles. The predicted molar refractivity (Wildman–Crippen MR) is 77.9 cm³/mol. The van der Waals surface area contributed by atoms with Crippen LogP contribution in [0.4, 0.5) is 11.5 Å². The van der Waals surface area contributed by atoms with Gasteiger partial charge in [-0.3, -0.25) is 4.79 Å². The molecule has 1 aromatic carbocycles. The predicted octanol–water partition coefficient (Wildman–Crippen LogP) is 3.50. The van der Waals surface area contributed by atoms with E-state index in [1.807, 2.05) is 32.0 Å². The van der Waals surface area contributed by atoms with Crippen LogP contribution in [0.25, 0.3) is 0 Å². The Balaban J connectivity index is 2.31. The summed E-state index contributed by atoms with van der Waals surface area (Å²) in [5, 5.41) is 4.44. The molecular formula is C16H17N2O2. The number of pyridine rings is 1. The number of ether oxygens (including phenoxy) is 1. The van der Waals surface area contributed by atoms with Gasteiger partial charge < -0.3 is 4.74 Å². The molecule has 2 rings (SSSR count). The number of benzene rings is 1. The maximum absolute atomic E-state index is 12.2. The van der Waals surface area contributed by atoms with Crippen molar-refractivity contribution in [2.24, 2.45) is 5.92 Å². The second kappa shape index (κ2) is 6.19. The fourth-order valence-electron chi connectivity index (χ4n) is 1.79. The van der Waals surface area contributed by atoms with Crippen LogP contribution >= 0.6 is 0 Å². The molecule has 0 saturated carbocycles. The Morgan fingerprint density at radius 3 is 2.75 bits per heavy atom. The van der Waals surface area contributed by atoms with Gasteiger partial charge in [0, 0.05) is 18.2 Å². The number of rotatable bonds is 5. The molecule has 103 valence electrons. The van der Waals surface area contributed by atoms with Crippen LogP contribution in [0.2, 0.25) is 0 Å². The molecule has 0 bridgehead atoms. The standard InChI is InChI=1S/C16H17N2O2/c1-11(2)15(19)14-8-5-9-17-16(14)18-12-6-4-7-13(10-12)20-3/h4-11H,1-3H3. The number of hydrogen-bond acceptors (Lipinski definition) is 3. The smallest absolute Gasteiger partial charge is 0.169 e. The molecule has 4 heteroatoms. The van der Waals surface area contributed by atoms with Gasteiger partial charge in [-0.05, 0) is 24.3 Å². The Morgan fingerprint density at radius 2 is 2.05 bits per heavy atom. The SMILES string of the molecule is COc1cccc([N]c2ncccc2C(=O)C(C)C)c1. The summed E-state index contributed by atoms with van der Waals surface area (Å²) in [4.78, 5) is 16.4. The topological polar surface area (TPSA) is 53.3 Å². The molecule has 1 radical (unpaired) electrons. The molecule has 0 atom stereocenters. The zero-order valence-corrected chi connectivity index (χ0v) is 11.8. The highest BCUT2D eigenvalue weighted by Crippen LogP contribution is 2.24. The van der Waals surface area contributed by atoms with Crippen LogP contribution in [0.1, 0.15) is 24.2 Å². The largest absolute Gasteiger partial charge is 0.497 e. The van der Waals surface area contributed by atoms with E-state index in [0.29, 0.717) is 17.1 Å². The molecule has 0 saturated heterocycles. The van der Waals surface area contributed by atoms with E-state index in [9.17, 15) is 4.79 Å². The number of carbonyl (C=O) groups excluding carboxylic acids is 1. The average molecular weight is 269 g/mol. The number of hydrogen-bond donors (Lipinski definition) is 0. The Bertz CT molecular complexity index is 609. The Labute approximate surface area is 118 Å². The lowest BCUT2D eigenvalue weighted by atomic mass is 10.0. The van der Waals surface area contributed by atoms with Crippen LogP contribution in [0.15, 0.2) is 42.6 Å². The van der Waals surface area contributed by atoms with Gasteiger partial charge in [0.2, 0.25) is 0 Å². The first-order valence-electron chi connectivity index (χ1n) is 6.47. The molecule has 0 spiro atoms. The van der Waals surface area contributed by atoms with Crippen molar-refractivity contribution in [3.63, 3.8) is 0 Å². The van der Waals surface area contributed by atoms with Gasteiger partial charge in [0.15, 0.2) is 11.6 Å². The molecule has 0 aliphatic rings. The summed E-state index contributed by atoms with van der Waals surface area (Å²) in [6, 6.07) is 10.9. The third-order valence-electron chi connectivity index (χ3n) is 2.86. The normalized spacial score (nSPS) is 10.4. The Morgan fingerprint density at radius 1 is 1.25 bits per heavy atom. The lowest BCUT2D eigenvalue weighted by Crippen LogP contribution is -2.10. The monoisotopic (exact) mass is 269 g/mol. The first kappa shape index (κ1) is 14.1. The zero-order chi connectivity index (χ0) is 14.5. The van der Waals surface area contributed by atoms with Gasteiger partial charge in [-0.2, -0.15) is 0 Å². The maximum Gasteiger partial charge on any atom is 0.169 e. The Kier molecular flexibility index (Phi) is 4.35. The van der Waals surface area contributed by atoms with Gasteiger partial charge in [0.1, 0.15) is 5.75 Å². The maximum atomic E-state index is 12.2. The van der Waals surface area contributed by atoms with E-state index >= 15 is 0 Å². The first-order chi connectivity index (χ1) is 9.61. The van der Waals surface area contributed by atoms with Gasteiger partial charge >= 0.3 is 0 Å². The van der Waals surface area contributed by atoms with Crippen molar-refractivity contribution in [1.82, 2.24) is 10.3 Å². The summed E-state index contributed by atoms with van der Waals surface area (Å²) in [6.07, 6.45) is 1.64. The van der Waals surface area contributed by atoms with Crippen LogP contribution < -0.4 is 10.1 Å². The fourth-order valence-corrected chi connectivity index (χ4v) is 1.79. The molecule has 0 N–H and O–H groups in total. The van der Waals surface area contributed by atoms with Crippen molar-refractivity contribution in [3.8, 4) is 5.75 Å². The number of nitrogens with zero attached hydrogens (tertiary/aromatic N) is 2. The number of aromatic nitrogens is 1. The fraction of sp³-hybridized carbons (Fsp3) is 0.250. The molecular weight excluding hydrogens is 252 g/mol. The molecule has 0 amide bonds. The second-order valence-electron chi connectivity index (χ2n) is 4.71. The molecule has 0 unspecified atom stereocenters. The van der Waals surface area contributed by atoms with Crippen molar-refractivity contribution < 1.29 is 9.53 Å². The number of methoxy groups -OCH3 is 1. The van der Waals surface area contributed by atoms with Gasteiger partial charge in [-0.25, -0.2) is 10.3 Å². The van der Waals surface area contributed by atoms with E-state index in [1.54, 1.807) is 31.5 Å². The van der Waals surface area contributed by atoms with Crippen LogP contribution in [-0.2, 0) is 0 Å². The van der Waals surface area contributed by atoms with E-state index in [0.717, 1.165) is 5.75 Å². The third kappa shape index (κ3) is 3.15. The minimum absolute atomic E-state index is 0.0414. The van der Waals surface area contributed by atoms with Crippen molar-refractivity contribution in [2.75, 3.05) is 7.11 Å². The van der Waals surface area contributed by atoms with Crippen molar-refractivity contribution in [2.45, 2.75) is 13.8 Å². The van der Waals surface area contributed by atoms with Crippen LogP contribution in [0.5, 0.6) is 5.75 Å². The first-order valence-corrected chi connectivity index (χ1v) is 6.47. The van der Waals surface area contributed by atoms with Crippen LogP contribution in [0.3, 0.4) is 0 Å². The molecule has 2 aromatic rings. The lowest BCUT2D eigenvalue weighted by molar-refractivity contribution is 0.0939. The molecule has 0 aliphatic carbocycles. The van der Waals surface area contributed by atoms with Crippen LogP contribution in [0, 0.1) is 5.92 Å². The minimum atomic E-state index is -0.0848. The highest BCUT2D eigenvalue weighted by molar-refractivity contribution is 6.01. The molecule has 0 fully saturated rings. The van der Waals surface area contributed by atoms with Gasteiger partial charge in [-0.15, -0.1) is 0 Å². The van der Waals surface area contributed by atoms with E-state index in [4.69, 9.17) is 4.74 Å². The molecule has 4 nitrogen and oxygen atoms in total. The van der Waals surface area contributed by atoms with E-state index in [1.165, 1.54) is 0 Å². The summed E-state index contributed by atoms with van der Waals surface area (Å²) < 4.78 is 5.16. The van der Waals surface area contributed by atoms with Crippen molar-refractivity contribution in [3.05, 3.63) is 48.2 Å². The average Bonchev–Trinajstić information content (AvgIpc) is 2.47. The molecule has 0 aliphatic heterocycles. The summed E-state index contributed by atoms with van der Waals surface area (Å²) in [5.74, 6) is 1.12. The molecule has 20 heavy (non-hydrogen) atoms. The highest BCUT2D eigenvalue weighted by Gasteiger charge is 2.16. The zero-order valence-electron chi connectivity index (χ0n) is 11.8. The van der Waals surface area contributed by atoms with Gasteiger partial charge in [0.05, 0.1) is 18.4 Å². The third-order valence-corrected chi connectivity index (χ3v) is 2.86. The number of ketones is 1. The summed E-state index contributed by atoms with van der Waals surface area (Å²) in [7, 11) is 1.60. The minimum Gasteiger partial charge on any atom is -0.497 e. The second-order valence-corrected chi connectivity index (χ2v) is 4.71. The van der Waals surface area contributed by atoms with Gasteiger partial charge in [-0.1, -0.05) is 19.9 Å². The summed E-state index contributed by atoms with van der Waals surface area (Å²) >= 11 is 0. The van der Waals surface area contributed by atoms with Gasteiger partial charge in [0.25, 0.3) is 0 Å². The number of Topliss-reactive ketones (excluding diaryl/α,β-unsaturated/α-hetero) is 1. The van der Waals surface area contributed by atoms with E-state index in [-0.39, 0.29) is 11.7 Å². The van der Waals surface area contributed by atoms with Crippen molar-refractivity contribution >= 4 is 17.3 Å². The number of carbonyl (C=O) groups is 1. The highest BCUT2D eigenvalue weighted by atomic mass is 16.5. The van der Waals surface area contributed by atoms with E-state index in [2.05, 4.69) is 10.3 Å². The van der Waals surface area contributed by atoms with E-state index < -0.39 is 0 Å². The van der Waals surface area contributed by atoms with Crippen LogP contribution in [-0.4, -0.2) is 17.9 Å². The molecule has 1 heterocycles. The quantitative estimate of drug-likeness (QED) is 0.781. The summed E-state index contributed by atoms with van der Waals surface area (Å²) in [5.41, 5.74) is 1.26. The summed E-state index contributed by atoms with van der Waals surface area (Å²) in [6.45, 7) is 3.73. The van der Waals surface area contributed by atoms with Crippen molar-refractivity contribution in [1.29, 1.82) is 0 Å².